The average molecular weight is 358 g/mol. The monoisotopic (exact) mass is 358 g/mol. The number of ether oxygens (including phenoxy) is 1. The highest BCUT2D eigenvalue weighted by atomic mass is 16.6. The second-order valence-corrected chi connectivity index (χ2v) is 7.11. The van der Waals surface area contributed by atoms with Crippen LogP contribution >= 0.6 is 0 Å². The van der Waals surface area contributed by atoms with E-state index in [1.54, 1.807) is 20.8 Å². The van der Waals surface area contributed by atoms with Crippen molar-refractivity contribution in [3.05, 3.63) is 0 Å². The summed E-state index contributed by atoms with van der Waals surface area (Å²) in [6.45, 7) is 5.60. The van der Waals surface area contributed by atoms with Crippen molar-refractivity contribution in [2.24, 2.45) is 5.92 Å². The van der Waals surface area contributed by atoms with E-state index in [9.17, 15) is 19.2 Å². The van der Waals surface area contributed by atoms with Crippen LogP contribution < -0.4 is 5.32 Å². The lowest BCUT2D eigenvalue weighted by atomic mass is 10.1. The van der Waals surface area contributed by atoms with Crippen LogP contribution in [0.2, 0.25) is 0 Å². The van der Waals surface area contributed by atoms with Crippen molar-refractivity contribution in [3.8, 4) is 0 Å². The molecule has 25 heavy (non-hydrogen) atoms. The van der Waals surface area contributed by atoms with E-state index in [1.165, 1.54) is 4.90 Å². The third-order valence-corrected chi connectivity index (χ3v) is 3.72. The lowest BCUT2D eigenvalue weighted by molar-refractivity contribution is -0.142. The standard InChI is InChI=1S/C16H26N2O7/c1-16(2,3)25-15(24)17-11(14(22)23)6-4-5-7-18-9-10(13(20)21)8-12(18)19/h10-11H,4-9H2,1-3H3,(H,17,24)(H,20,21)(H,22,23)/t10?,11-/m0/s1. The van der Waals surface area contributed by atoms with Crippen LogP contribution in [0.3, 0.4) is 0 Å². The topological polar surface area (TPSA) is 133 Å². The number of carbonyl (C=O) groups excluding carboxylic acids is 2. The molecule has 0 radical (unpaired) electrons. The summed E-state index contributed by atoms with van der Waals surface area (Å²) < 4.78 is 5.03. The Labute approximate surface area is 146 Å². The molecule has 0 bridgehead atoms. The van der Waals surface area contributed by atoms with Crippen molar-refractivity contribution in [3.63, 3.8) is 0 Å². The third kappa shape index (κ3) is 7.40. The van der Waals surface area contributed by atoms with E-state index in [-0.39, 0.29) is 25.3 Å². The maximum atomic E-state index is 11.7. The van der Waals surface area contributed by atoms with E-state index in [1.807, 2.05) is 0 Å². The molecule has 2 amide bonds. The molecule has 1 heterocycles. The van der Waals surface area contributed by atoms with Crippen LogP contribution in [-0.2, 0) is 19.1 Å². The van der Waals surface area contributed by atoms with Gasteiger partial charge in [-0.3, -0.25) is 9.59 Å². The first-order valence-corrected chi connectivity index (χ1v) is 8.22. The van der Waals surface area contributed by atoms with Gasteiger partial charge >= 0.3 is 18.0 Å². The summed E-state index contributed by atoms with van der Waals surface area (Å²) in [5.74, 6) is -3.01. The van der Waals surface area contributed by atoms with Crippen molar-refractivity contribution >= 4 is 23.9 Å². The largest absolute Gasteiger partial charge is 0.481 e. The van der Waals surface area contributed by atoms with Crippen LogP contribution in [0.4, 0.5) is 4.79 Å². The number of rotatable bonds is 8. The number of nitrogens with zero attached hydrogens (tertiary/aromatic N) is 1. The van der Waals surface area contributed by atoms with Gasteiger partial charge in [-0.25, -0.2) is 9.59 Å². The number of carboxylic acids is 2. The van der Waals surface area contributed by atoms with Gasteiger partial charge in [-0.2, -0.15) is 0 Å². The fraction of sp³-hybridized carbons (Fsp3) is 0.750. The van der Waals surface area contributed by atoms with Gasteiger partial charge in [0.05, 0.1) is 5.92 Å². The first-order chi connectivity index (χ1) is 11.5. The predicted molar refractivity (Wildman–Crippen MR) is 87.0 cm³/mol. The second-order valence-electron chi connectivity index (χ2n) is 7.11. The molecule has 1 rings (SSSR count). The Morgan fingerprint density at radius 1 is 1.28 bits per heavy atom. The first kappa shape index (κ1) is 20.7. The molecule has 2 atom stereocenters. The minimum atomic E-state index is -1.16. The number of alkyl carbamates (subject to hydrolysis) is 1. The summed E-state index contributed by atoms with van der Waals surface area (Å²) in [6, 6.07) is -1.07. The van der Waals surface area contributed by atoms with Crippen LogP contribution in [0.5, 0.6) is 0 Å². The number of carbonyl (C=O) groups is 4. The number of unbranched alkanes of at least 4 members (excludes halogenated alkanes) is 1. The maximum absolute atomic E-state index is 11.7. The zero-order chi connectivity index (χ0) is 19.2. The Morgan fingerprint density at radius 2 is 1.92 bits per heavy atom. The Balaban J connectivity index is 2.36. The van der Waals surface area contributed by atoms with Crippen LogP contribution in [0.1, 0.15) is 46.5 Å². The summed E-state index contributed by atoms with van der Waals surface area (Å²) in [5, 5.41) is 20.4. The van der Waals surface area contributed by atoms with Crippen molar-refractivity contribution in [2.75, 3.05) is 13.1 Å². The van der Waals surface area contributed by atoms with Gasteiger partial charge in [0, 0.05) is 19.5 Å². The first-order valence-electron chi connectivity index (χ1n) is 8.22. The molecule has 3 N–H and O–H groups in total. The highest BCUT2D eigenvalue weighted by Gasteiger charge is 2.33. The number of amides is 2. The van der Waals surface area contributed by atoms with E-state index in [2.05, 4.69) is 5.32 Å². The summed E-state index contributed by atoms with van der Waals surface area (Å²) in [6.07, 6.45) is 0.400. The molecule has 1 aliphatic rings. The van der Waals surface area contributed by atoms with Gasteiger partial charge in [-0.05, 0) is 40.0 Å². The molecular formula is C16H26N2O7. The van der Waals surface area contributed by atoms with Gasteiger partial charge in [0.15, 0.2) is 0 Å². The Morgan fingerprint density at radius 3 is 2.40 bits per heavy atom. The molecule has 9 nitrogen and oxygen atoms in total. The second kappa shape index (κ2) is 8.68. The molecular weight excluding hydrogens is 332 g/mol. The molecule has 142 valence electrons. The SMILES string of the molecule is CC(C)(C)OC(=O)N[C@@H](CCCCN1CC(C(=O)O)CC1=O)C(=O)O. The fourth-order valence-electron chi connectivity index (χ4n) is 2.51. The van der Waals surface area contributed by atoms with Gasteiger partial charge in [0.2, 0.25) is 5.91 Å². The predicted octanol–water partition coefficient (Wildman–Crippen LogP) is 1.07. The molecule has 0 aromatic carbocycles. The van der Waals surface area contributed by atoms with Crippen molar-refractivity contribution in [1.29, 1.82) is 0 Å². The van der Waals surface area contributed by atoms with Crippen molar-refractivity contribution < 1.29 is 34.1 Å². The smallest absolute Gasteiger partial charge is 0.408 e. The number of nitrogens with one attached hydrogen (secondary N) is 1. The van der Waals surface area contributed by atoms with Crippen LogP contribution in [-0.4, -0.2) is 63.8 Å². The highest BCUT2D eigenvalue weighted by molar-refractivity contribution is 5.86. The van der Waals surface area contributed by atoms with E-state index in [0.717, 1.165) is 0 Å². The maximum Gasteiger partial charge on any atom is 0.408 e. The van der Waals surface area contributed by atoms with Gasteiger partial charge in [-0.1, -0.05) is 0 Å². The molecule has 0 aliphatic carbocycles. The number of aliphatic carboxylic acids is 2. The Bertz CT molecular complexity index is 527. The lowest BCUT2D eigenvalue weighted by Gasteiger charge is -2.22. The normalized spacial score (nSPS) is 18.8. The summed E-state index contributed by atoms with van der Waals surface area (Å²) in [5.41, 5.74) is -0.718. The number of hydrogen-bond donors (Lipinski definition) is 3. The van der Waals surface area contributed by atoms with Crippen LogP contribution in [0.15, 0.2) is 0 Å². The quantitative estimate of drug-likeness (QED) is 0.553. The number of carboxylic acid groups (broad SMARTS) is 2. The van der Waals surface area contributed by atoms with Crippen LogP contribution in [0.25, 0.3) is 0 Å². The minimum Gasteiger partial charge on any atom is -0.481 e. The molecule has 1 saturated heterocycles. The third-order valence-electron chi connectivity index (χ3n) is 3.72. The summed E-state index contributed by atoms with van der Waals surface area (Å²) in [7, 11) is 0. The van der Waals surface area contributed by atoms with E-state index in [4.69, 9.17) is 14.9 Å². The fourth-order valence-corrected chi connectivity index (χ4v) is 2.51. The number of likely N-dealkylation sites (tertiary alicyclic amines) is 1. The molecule has 0 aromatic rings. The summed E-state index contributed by atoms with van der Waals surface area (Å²) in [4.78, 5) is 46.9. The molecule has 0 spiro atoms. The molecule has 1 unspecified atom stereocenters. The van der Waals surface area contributed by atoms with Crippen molar-refractivity contribution in [1.82, 2.24) is 10.2 Å². The molecule has 0 aromatic heterocycles. The Hall–Kier alpha value is -2.32. The highest BCUT2D eigenvalue weighted by Crippen LogP contribution is 2.18. The molecule has 0 saturated carbocycles. The van der Waals surface area contributed by atoms with E-state index in [0.29, 0.717) is 19.4 Å². The summed E-state index contributed by atoms with van der Waals surface area (Å²) >= 11 is 0. The van der Waals surface area contributed by atoms with Gasteiger partial charge in [0.25, 0.3) is 0 Å². The van der Waals surface area contributed by atoms with E-state index >= 15 is 0 Å². The van der Waals surface area contributed by atoms with Gasteiger partial charge < -0.3 is 25.2 Å². The molecule has 9 heteroatoms. The molecule has 1 fully saturated rings. The Kier molecular flexibility index (Phi) is 7.20. The average Bonchev–Trinajstić information content (AvgIpc) is 2.81. The van der Waals surface area contributed by atoms with Crippen LogP contribution in [0, 0.1) is 5.92 Å². The zero-order valence-electron chi connectivity index (χ0n) is 14.8. The lowest BCUT2D eigenvalue weighted by Crippen LogP contribution is -2.43. The molecule has 1 aliphatic heterocycles. The van der Waals surface area contributed by atoms with Gasteiger partial charge in [0.1, 0.15) is 11.6 Å². The van der Waals surface area contributed by atoms with Crippen molar-refractivity contribution in [2.45, 2.75) is 58.1 Å². The zero-order valence-corrected chi connectivity index (χ0v) is 14.8. The minimum absolute atomic E-state index is 0.00723. The van der Waals surface area contributed by atoms with Gasteiger partial charge in [-0.15, -0.1) is 0 Å². The van der Waals surface area contributed by atoms with E-state index < -0.39 is 35.6 Å². The number of hydrogen-bond acceptors (Lipinski definition) is 5.